The lowest BCUT2D eigenvalue weighted by atomic mass is 10.2. The minimum atomic E-state index is 0.177. The van der Waals surface area contributed by atoms with E-state index in [9.17, 15) is 0 Å². The number of pyridine rings is 1. The average Bonchev–Trinajstić information content (AvgIpc) is 2.13. The Morgan fingerprint density at radius 3 is 2.93 bits per heavy atom. The van der Waals surface area contributed by atoms with Gasteiger partial charge in [0.25, 0.3) is 0 Å². The number of nitrogens with zero attached hydrogens (tertiary/aromatic N) is 1. The van der Waals surface area contributed by atoms with Gasteiger partial charge in [-0.3, -0.25) is 0 Å². The summed E-state index contributed by atoms with van der Waals surface area (Å²) in [5, 5.41) is 0. The summed E-state index contributed by atoms with van der Waals surface area (Å²) in [6, 6.07) is 1.88. The summed E-state index contributed by atoms with van der Waals surface area (Å²) < 4.78 is 5.63. The van der Waals surface area contributed by atoms with Crippen molar-refractivity contribution >= 4 is 5.69 Å². The summed E-state index contributed by atoms with van der Waals surface area (Å²) >= 11 is 0. The molecule has 1 atom stereocenters. The van der Waals surface area contributed by atoms with E-state index in [0.717, 1.165) is 18.4 Å². The van der Waals surface area contributed by atoms with E-state index in [1.165, 1.54) is 0 Å². The number of aromatic nitrogens is 1. The lowest BCUT2D eigenvalue weighted by Crippen LogP contribution is -2.13. The van der Waals surface area contributed by atoms with Crippen LogP contribution in [0.25, 0.3) is 0 Å². The lowest BCUT2D eigenvalue weighted by molar-refractivity contribution is 0.203. The molecule has 0 aliphatic carbocycles. The average molecular weight is 194 g/mol. The Morgan fingerprint density at radius 2 is 2.29 bits per heavy atom. The lowest BCUT2D eigenvalue weighted by Gasteiger charge is -2.14. The summed E-state index contributed by atoms with van der Waals surface area (Å²) in [6.07, 6.45) is 4.03. The Balaban J connectivity index is 2.71. The van der Waals surface area contributed by atoms with E-state index in [1.54, 1.807) is 6.20 Å². The van der Waals surface area contributed by atoms with Crippen LogP contribution in [0.3, 0.4) is 0 Å². The van der Waals surface area contributed by atoms with Crippen LogP contribution >= 0.6 is 0 Å². The minimum Gasteiger partial charge on any atom is -0.473 e. The van der Waals surface area contributed by atoms with Crippen LogP contribution in [0.5, 0.6) is 5.88 Å². The largest absolute Gasteiger partial charge is 0.473 e. The predicted octanol–water partition coefficient (Wildman–Crippen LogP) is 2.54. The van der Waals surface area contributed by atoms with Gasteiger partial charge in [0.2, 0.25) is 5.88 Å². The van der Waals surface area contributed by atoms with Crippen LogP contribution in [0.1, 0.15) is 32.3 Å². The number of hydrogen-bond donors (Lipinski definition) is 1. The fraction of sp³-hybridized carbons (Fsp3) is 0.545. The molecular weight excluding hydrogens is 176 g/mol. The summed E-state index contributed by atoms with van der Waals surface area (Å²) in [6.45, 7) is 6.12. The van der Waals surface area contributed by atoms with Crippen molar-refractivity contribution in [3.8, 4) is 5.88 Å². The van der Waals surface area contributed by atoms with E-state index >= 15 is 0 Å². The smallest absolute Gasteiger partial charge is 0.237 e. The Labute approximate surface area is 85.3 Å². The van der Waals surface area contributed by atoms with Crippen LogP contribution in [0, 0.1) is 6.92 Å². The Hall–Kier alpha value is -1.25. The van der Waals surface area contributed by atoms with Crippen molar-refractivity contribution in [2.75, 3.05) is 5.73 Å². The first kappa shape index (κ1) is 10.8. The topological polar surface area (TPSA) is 48.1 Å². The summed E-state index contributed by atoms with van der Waals surface area (Å²) in [5.41, 5.74) is 7.50. The Kier molecular flexibility index (Phi) is 3.74. The zero-order valence-corrected chi connectivity index (χ0v) is 9.08. The first-order valence-corrected chi connectivity index (χ1v) is 5.03. The molecule has 1 unspecified atom stereocenters. The molecule has 1 aromatic rings. The fourth-order valence-electron chi connectivity index (χ4n) is 1.29. The van der Waals surface area contributed by atoms with Crippen LogP contribution in [0.15, 0.2) is 12.3 Å². The fourth-order valence-corrected chi connectivity index (χ4v) is 1.29. The van der Waals surface area contributed by atoms with Crippen molar-refractivity contribution < 1.29 is 4.74 Å². The third kappa shape index (κ3) is 2.62. The van der Waals surface area contributed by atoms with Crippen molar-refractivity contribution in [3.63, 3.8) is 0 Å². The second-order valence-corrected chi connectivity index (χ2v) is 3.56. The van der Waals surface area contributed by atoms with Crippen molar-refractivity contribution in [2.24, 2.45) is 0 Å². The second kappa shape index (κ2) is 4.84. The van der Waals surface area contributed by atoms with Gasteiger partial charge in [-0.15, -0.1) is 0 Å². The molecule has 0 bridgehead atoms. The van der Waals surface area contributed by atoms with Gasteiger partial charge >= 0.3 is 0 Å². The maximum Gasteiger partial charge on any atom is 0.237 e. The molecule has 0 spiro atoms. The quantitative estimate of drug-likeness (QED) is 0.801. The highest BCUT2D eigenvalue weighted by Gasteiger charge is 2.08. The number of rotatable bonds is 4. The van der Waals surface area contributed by atoms with Crippen LogP contribution in [-0.2, 0) is 0 Å². The van der Waals surface area contributed by atoms with Gasteiger partial charge in [-0.05, 0) is 31.9 Å². The SMILES string of the molecule is CCCC(C)Oc1nccc(C)c1N. The van der Waals surface area contributed by atoms with Crippen molar-refractivity contribution in [2.45, 2.75) is 39.7 Å². The van der Waals surface area contributed by atoms with Crippen LogP contribution in [-0.4, -0.2) is 11.1 Å². The highest BCUT2D eigenvalue weighted by atomic mass is 16.5. The second-order valence-electron chi connectivity index (χ2n) is 3.56. The number of nitrogen functional groups attached to an aromatic ring is 1. The molecule has 0 aromatic carbocycles. The molecule has 3 nitrogen and oxygen atoms in total. The van der Waals surface area contributed by atoms with Gasteiger partial charge in [-0.2, -0.15) is 0 Å². The maximum atomic E-state index is 5.84. The van der Waals surface area contributed by atoms with Gasteiger partial charge in [-0.1, -0.05) is 13.3 Å². The van der Waals surface area contributed by atoms with E-state index < -0.39 is 0 Å². The van der Waals surface area contributed by atoms with E-state index in [-0.39, 0.29) is 6.10 Å². The number of aryl methyl sites for hydroxylation is 1. The zero-order valence-electron chi connectivity index (χ0n) is 9.08. The van der Waals surface area contributed by atoms with Crippen LogP contribution in [0.4, 0.5) is 5.69 Å². The third-order valence-corrected chi connectivity index (χ3v) is 2.18. The molecule has 0 saturated carbocycles. The first-order chi connectivity index (χ1) is 6.65. The van der Waals surface area contributed by atoms with Crippen molar-refractivity contribution in [3.05, 3.63) is 17.8 Å². The highest BCUT2D eigenvalue weighted by molar-refractivity contribution is 5.53. The number of nitrogens with two attached hydrogens (primary N) is 1. The van der Waals surface area contributed by atoms with Gasteiger partial charge in [0.1, 0.15) is 0 Å². The predicted molar refractivity (Wildman–Crippen MR) is 58.4 cm³/mol. The molecule has 0 aliphatic heterocycles. The molecule has 0 fully saturated rings. The van der Waals surface area contributed by atoms with Gasteiger partial charge in [0, 0.05) is 6.20 Å². The highest BCUT2D eigenvalue weighted by Crippen LogP contribution is 2.22. The molecule has 0 amide bonds. The van der Waals surface area contributed by atoms with Crippen LogP contribution in [0.2, 0.25) is 0 Å². The molecule has 0 aliphatic rings. The molecule has 2 N–H and O–H groups in total. The van der Waals surface area contributed by atoms with Gasteiger partial charge in [-0.25, -0.2) is 4.98 Å². The Bertz CT molecular complexity index is 299. The molecule has 78 valence electrons. The van der Waals surface area contributed by atoms with E-state index in [1.807, 2.05) is 19.9 Å². The van der Waals surface area contributed by atoms with Crippen molar-refractivity contribution in [1.82, 2.24) is 4.98 Å². The normalized spacial score (nSPS) is 12.5. The van der Waals surface area contributed by atoms with Gasteiger partial charge < -0.3 is 10.5 Å². The molecule has 1 heterocycles. The number of ether oxygens (including phenoxy) is 1. The molecule has 1 aromatic heterocycles. The third-order valence-electron chi connectivity index (χ3n) is 2.18. The molecular formula is C11H18N2O. The van der Waals surface area contributed by atoms with E-state index in [4.69, 9.17) is 10.5 Å². The number of hydrogen-bond acceptors (Lipinski definition) is 3. The minimum absolute atomic E-state index is 0.177. The van der Waals surface area contributed by atoms with Gasteiger partial charge in [0.05, 0.1) is 11.8 Å². The van der Waals surface area contributed by atoms with Crippen LogP contribution < -0.4 is 10.5 Å². The monoisotopic (exact) mass is 194 g/mol. The standard InChI is InChI=1S/C11H18N2O/c1-4-5-9(3)14-11-10(12)8(2)6-7-13-11/h6-7,9H,4-5,12H2,1-3H3. The first-order valence-electron chi connectivity index (χ1n) is 5.03. The Morgan fingerprint density at radius 1 is 1.57 bits per heavy atom. The summed E-state index contributed by atoms with van der Waals surface area (Å²) in [4.78, 5) is 4.11. The van der Waals surface area contributed by atoms with Crippen molar-refractivity contribution in [1.29, 1.82) is 0 Å². The maximum absolute atomic E-state index is 5.84. The molecule has 0 radical (unpaired) electrons. The molecule has 1 rings (SSSR count). The molecule has 0 saturated heterocycles. The molecule has 3 heteroatoms. The summed E-state index contributed by atoms with van der Waals surface area (Å²) in [5.74, 6) is 0.561. The zero-order chi connectivity index (χ0) is 10.6. The van der Waals surface area contributed by atoms with E-state index in [0.29, 0.717) is 11.6 Å². The summed E-state index contributed by atoms with van der Waals surface area (Å²) in [7, 11) is 0. The number of anilines is 1. The van der Waals surface area contributed by atoms with E-state index in [2.05, 4.69) is 11.9 Å². The van der Waals surface area contributed by atoms with Gasteiger partial charge in [0.15, 0.2) is 0 Å². The molecule has 14 heavy (non-hydrogen) atoms.